The summed E-state index contributed by atoms with van der Waals surface area (Å²) < 4.78 is 26.8. The summed E-state index contributed by atoms with van der Waals surface area (Å²) in [4.78, 5) is 0. The van der Waals surface area contributed by atoms with Crippen LogP contribution in [0.2, 0.25) is 0 Å². The van der Waals surface area contributed by atoms with Crippen LogP contribution in [0.25, 0.3) is 0 Å². The van der Waals surface area contributed by atoms with E-state index in [1.165, 1.54) is 18.2 Å². The second kappa shape index (κ2) is 5.96. The number of nitrogens with one attached hydrogen (secondary N) is 1. The van der Waals surface area contributed by atoms with Crippen molar-refractivity contribution in [3.63, 3.8) is 0 Å². The van der Waals surface area contributed by atoms with Gasteiger partial charge in [0.15, 0.2) is 0 Å². The molecule has 0 amide bonds. The highest BCUT2D eigenvalue weighted by Gasteiger charge is 2.07. The van der Waals surface area contributed by atoms with Crippen molar-refractivity contribution in [3.8, 4) is 6.07 Å². The summed E-state index contributed by atoms with van der Waals surface area (Å²) in [6.45, 7) is 0.0795. The lowest BCUT2D eigenvalue weighted by Crippen LogP contribution is -2.04. The van der Waals surface area contributed by atoms with Gasteiger partial charge in [-0.15, -0.1) is 0 Å². The molecule has 0 unspecified atom stereocenters. The molecule has 0 heterocycles. The molecule has 0 spiro atoms. The summed E-state index contributed by atoms with van der Waals surface area (Å²) in [6, 6.07) is 13.0. The minimum atomic E-state index is -0.561. The Morgan fingerprint density at radius 2 is 1.63 bits per heavy atom. The fourth-order valence-electron chi connectivity index (χ4n) is 1.72. The Bertz CT molecular complexity index is 580. The van der Waals surface area contributed by atoms with Gasteiger partial charge in [0, 0.05) is 17.8 Å². The highest BCUT2D eigenvalue weighted by atomic mass is 19.1. The third-order valence-electron chi connectivity index (χ3n) is 2.77. The Labute approximate surface area is 110 Å². The van der Waals surface area contributed by atoms with Gasteiger partial charge in [-0.25, -0.2) is 8.78 Å². The topological polar surface area (TPSA) is 35.8 Å². The molecule has 2 aromatic rings. The number of nitriles is 1. The van der Waals surface area contributed by atoms with E-state index in [0.29, 0.717) is 6.42 Å². The van der Waals surface area contributed by atoms with Gasteiger partial charge in [0.2, 0.25) is 0 Å². The van der Waals surface area contributed by atoms with Crippen LogP contribution in [0.5, 0.6) is 0 Å². The Kier molecular flexibility index (Phi) is 4.09. The maximum absolute atomic E-state index is 13.4. The SMILES string of the molecule is N#CCc1ccc(NCc2c(F)cccc2F)cc1. The smallest absolute Gasteiger partial charge is 0.131 e. The second-order valence-corrected chi connectivity index (χ2v) is 4.09. The van der Waals surface area contributed by atoms with Gasteiger partial charge in [0.05, 0.1) is 12.5 Å². The standard InChI is InChI=1S/C15H12F2N2/c16-14-2-1-3-15(17)13(14)10-19-12-6-4-11(5-7-12)8-9-18/h1-7,19H,8,10H2. The first-order chi connectivity index (χ1) is 9.20. The van der Waals surface area contributed by atoms with Crippen LogP contribution in [0.4, 0.5) is 14.5 Å². The molecule has 0 aliphatic rings. The van der Waals surface area contributed by atoms with Crippen molar-refractivity contribution < 1.29 is 8.78 Å². The van der Waals surface area contributed by atoms with Gasteiger partial charge >= 0.3 is 0 Å². The summed E-state index contributed by atoms with van der Waals surface area (Å²) in [6.07, 6.45) is 0.349. The minimum absolute atomic E-state index is 0.0172. The van der Waals surface area contributed by atoms with Crippen LogP contribution in [0.3, 0.4) is 0 Å². The highest BCUT2D eigenvalue weighted by molar-refractivity contribution is 5.45. The van der Waals surface area contributed by atoms with Gasteiger partial charge in [-0.05, 0) is 29.8 Å². The fourth-order valence-corrected chi connectivity index (χ4v) is 1.72. The first kappa shape index (κ1) is 13.0. The van der Waals surface area contributed by atoms with Gasteiger partial charge in [-0.3, -0.25) is 0 Å². The molecule has 0 aliphatic carbocycles. The highest BCUT2D eigenvalue weighted by Crippen LogP contribution is 2.15. The molecule has 0 bridgehead atoms. The lowest BCUT2D eigenvalue weighted by molar-refractivity contribution is 0.560. The third kappa shape index (κ3) is 3.29. The van der Waals surface area contributed by atoms with E-state index in [-0.39, 0.29) is 12.1 Å². The molecule has 0 fully saturated rings. The first-order valence-electron chi connectivity index (χ1n) is 5.83. The number of rotatable bonds is 4. The molecule has 2 rings (SSSR count). The zero-order valence-electron chi connectivity index (χ0n) is 10.2. The van der Waals surface area contributed by atoms with Crippen LogP contribution >= 0.6 is 0 Å². The zero-order chi connectivity index (χ0) is 13.7. The lowest BCUT2D eigenvalue weighted by Gasteiger charge is -2.08. The van der Waals surface area contributed by atoms with E-state index in [1.807, 2.05) is 12.1 Å². The van der Waals surface area contributed by atoms with E-state index in [4.69, 9.17) is 5.26 Å². The summed E-state index contributed by atoms with van der Waals surface area (Å²) in [5, 5.41) is 11.5. The van der Waals surface area contributed by atoms with E-state index in [2.05, 4.69) is 11.4 Å². The van der Waals surface area contributed by atoms with Crippen molar-refractivity contribution in [2.75, 3.05) is 5.32 Å². The van der Waals surface area contributed by atoms with Crippen LogP contribution in [0.1, 0.15) is 11.1 Å². The van der Waals surface area contributed by atoms with Gasteiger partial charge < -0.3 is 5.32 Å². The number of hydrogen-bond donors (Lipinski definition) is 1. The maximum Gasteiger partial charge on any atom is 0.131 e. The van der Waals surface area contributed by atoms with Gasteiger partial charge in [-0.2, -0.15) is 5.26 Å². The second-order valence-electron chi connectivity index (χ2n) is 4.09. The molecule has 4 heteroatoms. The number of anilines is 1. The van der Waals surface area contributed by atoms with Gasteiger partial charge in [0.1, 0.15) is 11.6 Å². The third-order valence-corrected chi connectivity index (χ3v) is 2.77. The molecular weight excluding hydrogens is 246 g/mol. The van der Waals surface area contributed by atoms with E-state index in [9.17, 15) is 8.78 Å². The average Bonchev–Trinajstić information content (AvgIpc) is 2.40. The average molecular weight is 258 g/mol. The van der Waals surface area contributed by atoms with Crippen LogP contribution < -0.4 is 5.32 Å². The molecule has 19 heavy (non-hydrogen) atoms. The summed E-state index contributed by atoms with van der Waals surface area (Å²) in [5.74, 6) is -1.12. The molecule has 1 N–H and O–H groups in total. The van der Waals surface area contributed by atoms with Crippen molar-refractivity contribution in [1.82, 2.24) is 0 Å². The van der Waals surface area contributed by atoms with Crippen LogP contribution in [-0.2, 0) is 13.0 Å². The normalized spacial score (nSPS) is 9.95. The van der Waals surface area contributed by atoms with E-state index in [1.54, 1.807) is 12.1 Å². The fraction of sp³-hybridized carbons (Fsp3) is 0.133. The van der Waals surface area contributed by atoms with Crippen LogP contribution in [0.15, 0.2) is 42.5 Å². The Balaban J connectivity index is 2.04. The molecule has 96 valence electrons. The Morgan fingerprint density at radius 1 is 1.00 bits per heavy atom. The maximum atomic E-state index is 13.4. The number of hydrogen-bond acceptors (Lipinski definition) is 2. The largest absolute Gasteiger partial charge is 0.381 e. The van der Waals surface area contributed by atoms with Crippen molar-refractivity contribution in [1.29, 1.82) is 5.26 Å². The molecular formula is C15H12F2N2. The minimum Gasteiger partial charge on any atom is -0.381 e. The number of halogens is 2. The molecule has 0 radical (unpaired) electrons. The molecule has 2 aromatic carbocycles. The Morgan fingerprint density at radius 3 is 2.21 bits per heavy atom. The Hall–Kier alpha value is -2.41. The summed E-state index contributed by atoms with van der Waals surface area (Å²) in [7, 11) is 0. The van der Waals surface area contributed by atoms with Crippen LogP contribution in [-0.4, -0.2) is 0 Å². The predicted octanol–water partition coefficient (Wildman–Crippen LogP) is 3.64. The summed E-state index contributed by atoms with van der Waals surface area (Å²) >= 11 is 0. The molecule has 0 saturated heterocycles. The predicted molar refractivity (Wildman–Crippen MR) is 69.4 cm³/mol. The van der Waals surface area contributed by atoms with E-state index < -0.39 is 11.6 Å². The van der Waals surface area contributed by atoms with Crippen molar-refractivity contribution in [2.45, 2.75) is 13.0 Å². The number of benzene rings is 2. The van der Waals surface area contributed by atoms with Crippen LogP contribution in [0, 0.1) is 23.0 Å². The zero-order valence-corrected chi connectivity index (χ0v) is 10.2. The summed E-state index contributed by atoms with van der Waals surface area (Å²) in [5.41, 5.74) is 1.68. The quantitative estimate of drug-likeness (QED) is 0.908. The van der Waals surface area contributed by atoms with Crippen molar-refractivity contribution in [2.24, 2.45) is 0 Å². The van der Waals surface area contributed by atoms with Crippen molar-refractivity contribution in [3.05, 3.63) is 65.2 Å². The van der Waals surface area contributed by atoms with Gasteiger partial charge in [0.25, 0.3) is 0 Å². The first-order valence-corrected chi connectivity index (χ1v) is 5.83. The molecule has 2 nitrogen and oxygen atoms in total. The molecule has 0 saturated carbocycles. The van der Waals surface area contributed by atoms with E-state index in [0.717, 1.165) is 11.3 Å². The molecule has 0 atom stereocenters. The monoisotopic (exact) mass is 258 g/mol. The molecule has 0 aliphatic heterocycles. The number of nitrogens with zero attached hydrogens (tertiary/aromatic N) is 1. The van der Waals surface area contributed by atoms with Gasteiger partial charge in [-0.1, -0.05) is 18.2 Å². The lowest BCUT2D eigenvalue weighted by atomic mass is 10.1. The molecule has 0 aromatic heterocycles. The van der Waals surface area contributed by atoms with Crippen molar-refractivity contribution >= 4 is 5.69 Å². The van der Waals surface area contributed by atoms with E-state index >= 15 is 0 Å².